The molecule has 4 rings (SSSR count). The van der Waals surface area contributed by atoms with Gasteiger partial charge in [0.15, 0.2) is 5.76 Å². The zero-order valence-electron chi connectivity index (χ0n) is 17.3. The summed E-state index contributed by atoms with van der Waals surface area (Å²) in [5.74, 6) is -0.229. The van der Waals surface area contributed by atoms with E-state index in [2.05, 4.69) is 15.4 Å². The van der Waals surface area contributed by atoms with E-state index >= 15 is 0 Å². The van der Waals surface area contributed by atoms with E-state index in [0.29, 0.717) is 9.88 Å². The average Bonchev–Trinajstić information content (AvgIpc) is 3.54. The number of aryl methyl sites for hydroxylation is 1. The van der Waals surface area contributed by atoms with Gasteiger partial charge in [0.1, 0.15) is 12.7 Å². The number of carbonyl (C=O) groups is 2. The lowest BCUT2D eigenvalue weighted by Gasteiger charge is -2.25. The molecule has 1 aromatic carbocycles. The van der Waals surface area contributed by atoms with Crippen molar-refractivity contribution < 1.29 is 14.0 Å². The van der Waals surface area contributed by atoms with Crippen LogP contribution in [-0.4, -0.2) is 38.5 Å². The molecular formula is C22H21N5O3S. The summed E-state index contributed by atoms with van der Waals surface area (Å²) in [7, 11) is 1.78. The van der Waals surface area contributed by atoms with Crippen molar-refractivity contribution in [3.63, 3.8) is 0 Å². The fourth-order valence-corrected chi connectivity index (χ4v) is 4.19. The molecule has 0 aliphatic heterocycles. The first-order chi connectivity index (χ1) is 14.9. The van der Waals surface area contributed by atoms with Gasteiger partial charge in [-0.3, -0.25) is 9.59 Å². The molecule has 0 fully saturated rings. The van der Waals surface area contributed by atoms with Gasteiger partial charge in [-0.15, -0.1) is 11.3 Å². The van der Waals surface area contributed by atoms with Gasteiger partial charge in [0, 0.05) is 7.05 Å². The monoisotopic (exact) mass is 435 g/mol. The molecule has 2 amide bonds. The van der Waals surface area contributed by atoms with Gasteiger partial charge < -0.3 is 14.6 Å². The quantitative estimate of drug-likeness (QED) is 0.487. The van der Waals surface area contributed by atoms with Crippen LogP contribution in [0.15, 0.2) is 65.8 Å². The summed E-state index contributed by atoms with van der Waals surface area (Å²) in [6.07, 6.45) is 4.56. The van der Waals surface area contributed by atoms with Crippen LogP contribution < -0.4 is 5.32 Å². The summed E-state index contributed by atoms with van der Waals surface area (Å²) in [5.41, 5.74) is 2.71. The molecule has 3 heterocycles. The van der Waals surface area contributed by atoms with Crippen LogP contribution in [0.25, 0.3) is 5.69 Å². The van der Waals surface area contributed by atoms with Crippen molar-refractivity contribution >= 4 is 28.2 Å². The standard InChI is InChI=1S/C22H21N5O3S/c1-14-11-19(25-21(28)18-5-4-10-30-18)31-20(14)22(29)26(3)15(2)16-6-8-17(9-7-16)27-13-23-12-24-27/h4-13,15H,1-3H3,(H,25,28)/t15-/m0/s1. The minimum Gasteiger partial charge on any atom is -0.459 e. The zero-order valence-corrected chi connectivity index (χ0v) is 18.1. The van der Waals surface area contributed by atoms with Crippen molar-refractivity contribution in [1.29, 1.82) is 0 Å². The Hall–Kier alpha value is -3.72. The number of aromatic nitrogens is 3. The van der Waals surface area contributed by atoms with E-state index in [1.807, 2.05) is 38.1 Å². The molecule has 8 nitrogen and oxygen atoms in total. The average molecular weight is 436 g/mol. The highest BCUT2D eigenvalue weighted by molar-refractivity contribution is 7.18. The van der Waals surface area contributed by atoms with Crippen molar-refractivity contribution in [3.8, 4) is 5.69 Å². The Morgan fingerprint density at radius 1 is 1.23 bits per heavy atom. The lowest BCUT2D eigenvalue weighted by molar-refractivity contribution is 0.0746. The Labute approximate surface area is 183 Å². The lowest BCUT2D eigenvalue weighted by Crippen LogP contribution is -2.29. The number of furan rings is 1. The number of thiophene rings is 1. The third kappa shape index (κ3) is 4.26. The topological polar surface area (TPSA) is 93.3 Å². The van der Waals surface area contributed by atoms with Gasteiger partial charge in [0.25, 0.3) is 11.8 Å². The van der Waals surface area contributed by atoms with Crippen LogP contribution in [0.5, 0.6) is 0 Å². The second-order valence-electron chi connectivity index (χ2n) is 7.08. The maximum absolute atomic E-state index is 13.1. The van der Waals surface area contributed by atoms with Gasteiger partial charge in [-0.25, -0.2) is 9.67 Å². The summed E-state index contributed by atoms with van der Waals surface area (Å²) in [6.45, 7) is 3.84. The molecule has 9 heteroatoms. The van der Waals surface area contributed by atoms with Gasteiger partial charge >= 0.3 is 0 Å². The molecule has 0 unspecified atom stereocenters. The van der Waals surface area contributed by atoms with Gasteiger partial charge in [0.05, 0.1) is 27.9 Å². The predicted octanol–water partition coefficient (Wildman–Crippen LogP) is 4.32. The maximum Gasteiger partial charge on any atom is 0.291 e. The number of hydrogen-bond donors (Lipinski definition) is 1. The Kier molecular flexibility index (Phi) is 5.68. The number of nitrogens with one attached hydrogen (secondary N) is 1. The predicted molar refractivity (Wildman–Crippen MR) is 118 cm³/mol. The Bertz CT molecular complexity index is 1180. The molecule has 0 bridgehead atoms. The van der Waals surface area contributed by atoms with Gasteiger partial charge in [-0.05, 0) is 55.3 Å². The van der Waals surface area contributed by atoms with Crippen molar-refractivity contribution in [3.05, 3.63) is 83.1 Å². The molecule has 1 N–H and O–H groups in total. The van der Waals surface area contributed by atoms with Crippen molar-refractivity contribution in [1.82, 2.24) is 19.7 Å². The van der Waals surface area contributed by atoms with Crippen molar-refractivity contribution in [2.24, 2.45) is 0 Å². The van der Waals surface area contributed by atoms with Crippen LogP contribution in [0.2, 0.25) is 0 Å². The fourth-order valence-electron chi connectivity index (χ4n) is 3.14. The molecule has 0 radical (unpaired) electrons. The molecule has 0 saturated heterocycles. The smallest absolute Gasteiger partial charge is 0.291 e. The highest BCUT2D eigenvalue weighted by Gasteiger charge is 2.23. The number of benzene rings is 1. The second kappa shape index (κ2) is 8.57. The molecule has 1 atom stereocenters. The first-order valence-electron chi connectivity index (χ1n) is 9.61. The summed E-state index contributed by atoms with van der Waals surface area (Å²) in [5, 5.41) is 7.50. The van der Waals surface area contributed by atoms with Crippen LogP contribution >= 0.6 is 11.3 Å². The molecular weight excluding hydrogens is 414 g/mol. The van der Waals surface area contributed by atoms with Crippen LogP contribution in [0, 0.1) is 6.92 Å². The normalized spacial score (nSPS) is 11.8. The highest BCUT2D eigenvalue weighted by Crippen LogP contribution is 2.30. The van der Waals surface area contributed by atoms with E-state index < -0.39 is 0 Å². The molecule has 158 valence electrons. The molecule has 0 spiro atoms. The highest BCUT2D eigenvalue weighted by atomic mass is 32.1. The number of nitrogens with zero attached hydrogens (tertiary/aromatic N) is 4. The van der Waals surface area contributed by atoms with Gasteiger partial charge in [-0.2, -0.15) is 5.10 Å². The number of anilines is 1. The van der Waals surface area contributed by atoms with E-state index in [4.69, 9.17) is 4.42 Å². The number of hydrogen-bond acceptors (Lipinski definition) is 6. The minimum atomic E-state index is -0.348. The Balaban J connectivity index is 1.47. The van der Waals surface area contributed by atoms with Crippen LogP contribution in [0.1, 0.15) is 44.3 Å². The fraction of sp³-hybridized carbons (Fsp3) is 0.182. The minimum absolute atomic E-state index is 0.103. The third-order valence-electron chi connectivity index (χ3n) is 5.05. The SMILES string of the molecule is Cc1cc(NC(=O)c2ccco2)sc1C(=O)N(C)[C@@H](C)c1ccc(-n2cncn2)cc1. The van der Waals surface area contributed by atoms with E-state index in [-0.39, 0.29) is 23.6 Å². The van der Waals surface area contributed by atoms with Crippen molar-refractivity contribution in [2.75, 3.05) is 12.4 Å². The lowest BCUT2D eigenvalue weighted by atomic mass is 10.1. The van der Waals surface area contributed by atoms with E-state index in [1.54, 1.807) is 41.2 Å². The zero-order chi connectivity index (χ0) is 22.0. The number of amides is 2. The maximum atomic E-state index is 13.1. The Morgan fingerprint density at radius 2 is 2.00 bits per heavy atom. The van der Waals surface area contributed by atoms with E-state index in [9.17, 15) is 9.59 Å². The first kappa shape index (κ1) is 20.5. The first-order valence-corrected chi connectivity index (χ1v) is 10.4. The van der Waals surface area contributed by atoms with Crippen LogP contribution in [0.3, 0.4) is 0 Å². The van der Waals surface area contributed by atoms with Crippen molar-refractivity contribution in [2.45, 2.75) is 19.9 Å². The molecule has 3 aromatic heterocycles. The third-order valence-corrected chi connectivity index (χ3v) is 6.19. The largest absolute Gasteiger partial charge is 0.459 e. The van der Waals surface area contributed by atoms with Crippen LogP contribution in [0.4, 0.5) is 5.00 Å². The molecule has 0 aliphatic rings. The molecule has 31 heavy (non-hydrogen) atoms. The summed E-state index contributed by atoms with van der Waals surface area (Å²) in [4.78, 5) is 31.6. The molecule has 0 aliphatic carbocycles. The van der Waals surface area contributed by atoms with E-state index in [0.717, 1.165) is 16.8 Å². The second-order valence-corrected chi connectivity index (χ2v) is 8.13. The molecule has 4 aromatic rings. The summed E-state index contributed by atoms with van der Waals surface area (Å²) >= 11 is 1.25. The molecule has 0 saturated carbocycles. The van der Waals surface area contributed by atoms with Gasteiger partial charge in [-0.1, -0.05) is 12.1 Å². The van der Waals surface area contributed by atoms with Gasteiger partial charge in [0.2, 0.25) is 0 Å². The van der Waals surface area contributed by atoms with E-state index in [1.165, 1.54) is 23.9 Å². The number of rotatable bonds is 6. The number of carbonyl (C=O) groups excluding carboxylic acids is 2. The summed E-state index contributed by atoms with van der Waals surface area (Å²) < 4.78 is 6.79. The summed E-state index contributed by atoms with van der Waals surface area (Å²) in [6, 6.07) is 12.7. The van der Waals surface area contributed by atoms with Crippen LogP contribution in [-0.2, 0) is 0 Å². The Morgan fingerprint density at radius 3 is 2.65 bits per heavy atom.